The van der Waals surface area contributed by atoms with Gasteiger partial charge in [0.05, 0.1) is 5.41 Å². The van der Waals surface area contributed by atoms with Crippen molar-refractivity contribution in [2.24, 2.45) is 0 Å². The fraction of sp³-hybridized carbons (Fsp3) is 0.0141. The molecular formula is C71H49N. The van der Waals surface area contributed by atoms with E-state index in [0.717, 1.165) is 17.1 Å². The zero-order chi connectivity index (χ0) is 47.8. The first-order chi connectivity index (χ1) is 35.7. The van der Waals surface area contributed by atoms with Gasteiger partial charge in [-0.05, 0) is 136 Å². The first-order valence-corrected chi connectivity index (χ1v) is 24.9. The van der Waals surface area contributed by atoms with Crippen LogP contribution in [0.3, 0.4) is 0 Å². The molecule has 0 unspecified atom stereocenters. The van der Waals surface area contributed by atoms with Crippen LogP contribution in [0, 0.1) is 0 Å². The van der Waals surface area contributed by atoms with Gasteiger partial charge in [0.1, 0.15) is 0 Å². The lowest BCUT2D eigenvalue weighted by Gasteiger charge is -2.34. The summed E-state index contributed by atoms with van der Waals surface area (Å²) >= 11 is 0. The number of fused-ring (bicyclic) bond motifs is 4. The monoisotopic (exact) mass is 915 g/mol. The van der Waals surface area contributed by atoms with Crippen molar-refractivity contribution in [3.63, 3.8) is 0 Å². The molecular weight excluding hydrogens is 867 g/mol. The van der Waals surface area contributed by atoms with Gasteiger partial charge in [0.15, 0.2) is 0 Å². The van der Waals surface area contributed by atoms with E-state index >= 15 is 0 Å². The third-order valence-electron chi connectivity index (χ3n) is 14.8. The molecule has 1 heteroatoms. The summed E-state index contributed by atoms with van der Waals surface area (Å²) in [6, 6.07) is 109. The highest BCUT2D eigenvalue weighted by molar-refractivity contribution is 5.98. The van der Waals surface area contributed by atoms with Crippen molar-refractivity contribution in [2.75, 3.05) is 4.90 Å². The average Bonchev–Trinajstić information content (AvgIpc) is 3.78. The van der Waals surface area contributed by atoms with Gasteiger partial charge in [-0.3, -0.25) is 0 Å². The summed E-state index contributed by atoms with van der Waals surface area (Å²) < 4.78 is 0. The first kappa shape index (κ1) is 42.8. The van der Waals surface area contributed by atoms with E-state index in [1.54, 1.807) is 0 Å². The van der Waals surface area contributed by atoms with Gasteiger partial charge in [-0.25, -0.2) is 0 Å². The zero-order valence-electron chi connectivity index (χ0n) is 39.7. The van der Waals surface area contributed by atoms with Crippen molar-refractivity contribution >= 4 is 27.8 Å². The van der Waals surface area contributed by atoms with Gasteiger partial charge in [0.2, 0.25) is 0 Å². The number of benzene rings is 12. The summed E-state index contributed by atoms with van der Waals surface area (Å²) in [5, 5.41) is 2.52. The molecule has 0 saturated carbocycles. The molecule has 0 aromatic heterocycles. The van der Waals surface area contributed by atoms with Crippen LogP contribution in [0.25, 0.3) is 77.5 Å². The van der Waals surface area contributed by atoms with Gasteiger partial charge in [-0.2, -0.15) is 0 Å². The molecule has 0 fully saturated rings. The molecule has 0 aliphatic heterocycles. The molecule has 12 aromatic rings. The summed E-state index contributed by atoms with van der Waals surface area (Å²) in [4.78, 5) is 2.38. The fourth-order valence-electron chi connectivity index (χ4n) is 11.4. The van der Waals surface area contributed by atoms with Crippen LogP contribution in [-0.2, 0) is 5.41 Å². The summed E-state index contributed by atoms with van der Waals surface area (Å²) in [7, 11) is 0. The summed E-state index contributed by atoms with van der Waals surface area (Å²) in [6.45, 7) is 0. The minimum atomic E-state index is -0.456. The van der Waals surface area contributed by atoms with Gasteiger partial charge in [0, 0.05) is 17.1 Å². The van der Waals surface area contributed by atoms with E-state index in [4.69, 9.17) is 0 Å². The lowest BCUT2D eigenvalue weighted by atomic mass is 9.67. The Kier molecular flexibility index (Phi) is 10.8. The molecule has 72 heavy (non-hydrogen) atoms. The highest BCUT2D eigenvalue weighted by Crippen LogP contribution is 2.58. The minimum absolute atomic E-state index is 0.456. The van der Waals surface area contributed by atoms with Crippen LogP contribution < -0.4 is 4.90 Å². The number of hydrogen-bond acceptors (Lipinski definition) is 1. The molecule has 0 bridgehead atoms. The van der Waals surface area contributed by atoms with Gasteiger partial charge in [0.25, 0.3) is 0 Å². The second-order valence-electron chi connectivity index (χ2n) is 18.8. The van der Waals surface area contributed by atoms with Crippen LogP contribution in [-0.4, -0.2) is 0 Å². The largest absolute Gasteiger partial charge is 0.311 e. The minimum Gasteiger partial charge on any atom is -0.311 e. The van der Waals surface area contributed by atoms with Crippen LogP contribution in [0.5, 0.6) is 0 Å². The van der Waals surface area contributed by atoms with Crippen LogP contribution in [0.15, 0.2) is 297 Å². The number of nitrogens with zero attached hydrogens (tertiary/aromatic N) is 1. The Morgan fingerprint density at radius 1 is 0.222 bits per heavy atom. The van der Waals surface area contributed by atoms with Crippen molar-refractivity contribution in [2.45, 2.75) is 5.41 Å². The van der Waals surface area contributed by atoms with Crippen LogP contribution in [0.4, 0.5) is 17.1 Å². The van der Waals surface area contributed by atoms with E-state index in [1.165, 1.54) is 99.8 Å². The molecule has 1 aliphatic rings. The van der Waals surface area contributed by atoms with Crippen LogP contribution >= 0.6 is 0 Å². The Morgan fingerprint density at radius 3 is 1.12 bits per heavy atom. The molecule has 0 atom stereocenters. The smallest absolute Gasteiger partial charge is 0.0713 e. The van der Waals surface area contributed by atoms with E-state index in [0.29, 0.717) is 0 Å². The maximum Gasteiger partial charge on any atom is 0.0713 e. The Balaban J connectivity index is 0.875. The Labute approximate surface area is 422 Å². The van der Waals surface area contributed by atoms with Crippen molar-refractivity contribution < 1.29 is 0 Å². The quantitative estimate of drug-likeness (QED) is 0.132. The van der Waals surface area contributed by atoms with Crippen LogP contribution in [0.1, 0.15) is 22.3 Å². The van der Waals surface area contributed by atoms with E-state index < -0.39 is 5.41 Å². The predicted octanol–water partition coefficient (Wildman–Crippen LogP) is 19.0. The van der Waals surface area contributed by atoms with Gasteiger partial charge in [-0.1, -0.05) is 261 Å². The molecule has 0 amide bonds. The maximum absolute atomic E-state index is 2.38. The molecule has 0 radical (unpaired) electrons. The molecule has 1 aliphatic carbocycles. The van der Waals surface area contributed by atoms with E-state index in [-0.39, 0.29) is 0 Å². The third kappa shape index (κ3) is 7.42. The van der Waals surface area contributed by atoms with E-state index in [2.05, 4.69) is 302 Å². The van der Waals surface area contributed by atoms with Gasteiger partial charge >= 0.3 is 0 Å². The zero-order valence-corrected chi connectivity index (χ0v) is 39.7. The second-order valence-corrected chi connectivity index (χ2v) is 18.8. The lowest BCUT2D eigenvalue weighted by Crippen LogP contribution is -2.28. The maximum atomic E-state index is 2.38. The molecule has 12 aromatic carbocycles. The third-order valence-corrected chi connectivity index (χ3v) is 14.8. The van der Waals surface area contributed by atoms with Crippen molar-refractivity contribution in [1.29, 1.82) is 0 Å². The highest BCUT2D eigenvalue weighted by atomic mass is 15.1. The standard InChI is InChI=1S/C71H49N/c1-4-16-50(17-5-1)51-30-32-52(33-31-51)54-38-44-61(45-39-54)72(62-46-40-55(41-47-62)53-34-36-57(37-35-53)65-26-14-19-56-18-10-11-24-64(56)65)63-48-42-58(43-49-63)66-27-15-29-69-70(66)67-25-12-13-28-68(67)71(69,59-20-6-2-7-21-59)60-22-8-3-9-23-60/h1-49H. The topological polar surface area (TPSA) is 3.24 Å². The van der Waals surface area contributed by atoms with E-state index in [1.807, 2.05) is 0 Å². The van der Waals surface area contributed by atoms with Crippen molar-refractivity contribution in [1.82, 2.24) is 0 Å². The predicted molar refractivity (Wildman–Crippen MR) is 303 cm³/mol. The number of hydrogen-bond donors (Lipinski definition) is 0. The van der Waals surface area contributed by atoms with Gasteiger partial charge in [-0.15, -0.1) is 0 Å². The lowest BCUT2D eigenvalue weighted by molar-refractivity contribution is 0.768. The average molecular weight is 916 g/mol. The van der Waals surface area contributed by atoms with Crippen molar-refractivity contribution in [3.05, 3.63) is 320 Å². The first-order valence-electron chi connectivity index (χ1n) is 24.9. The Bertz CT molecular complexity index is 3800. The Hall–Kier alpha value is -9.30. The van der Waals surface area contributed by atoms with Crippen molar-refractivity contribution in [3.8, 4) is 66.8 Å². The summed E-state index contributed by atoms with van der Waals surface area (Å²) in [5.74, 6) is 0. The molecule has 338 valence electrons. The summed E-state index contributed by atoms with van der Waals surface area (Å²) in [6.07, 6.45) is 0. The molecule has 0 spiro atoms. The van der Waals surface area contributed by atoms with Crippen LogP contribution in [0.2, 0.25) is 0 Å². The second kappa shape index (κ2) is 18.2. The number of rotatable bonds is 10. The molecule has 1 nitrogen and oxygen atoms in total. The van der Waals surface area contributed by atoms with E-state index in [9.17, 15) is 0 Å². The highest BCUT2D eigenvalue weighted by Gasteiger charge is 2.46. The SMILES string of the molecule is c1ccc(-c2ccc(-c3ccc(N(c4ccc(-c5ccc(-c6cccc7ccccc67)cc5)cc4)c4ccc(-c5cccc6c5-c5ccccc5C6(c5ccccc5)c5ccccc5)cc4)cc3)cc2)cc1. The summed E-state index contributed by atoms with van der Waals surface area (Å²) in [5.41, 5.74) is 22.6. The Morgan fingerprint density at radius 2 is 0.569 bits per heavy atom. The molecule has 13 rings (SSSR count). The molecule has 0 N–H and O–H groups in total. The normalized spacial score (nSPS) is 12.3. The fourth-order valence-corrected chi connectivity index (χ4v) is 11.4. The van der Waals surface area contributed by atoms with Gasteiger partial charge < -0.3 is 4.90 Å². The molecule has 0 heterocycles. The molecule has 0 saturated heterocycles. The number of anilines is 3.